The van der Waals surface area contributed by atoms with Gasteiger partial charge in [-0.3, -0.25) is 0 Å². The average molecular weight is 215 g/mol. The quantitative estimate of drug-likeness (QED) is 0.583. The Morgan fingerprint density at radius 3 is 2.50 bits per heavy atom. The van der Waals surface area contributed by atoms with E-state index < -0.39 is 0 Å². The van der Waals surface area contributed by atoms with Crippen molar-refractivity contribution in [2.75, 3.05) is 0 Å². The fourth-order valence-corrected chi connectivity index (χ4v) is 1.49. The van der Waals surface area contributed by atoms with Gasteiger partial charge in [0, 0.05) is 12.1 Å². The molecule has 1 heterocycles. The highest BCUT2D eigenvalue weighted by atomic mass is 16.5. The molecule has 0 N–H and O–H groups in total. The van der Waals surface area contributed by atoms with Crippen LogP contribution in [0.2, 0.25) is 0 Å². The summed E-state index contributed by atoms with van der Waals surface area (Å²) >= 11 is 0. The van der Waals surface area contributed by atoms with Crippen LogP contribution in [0.1, 0.15) is 12.5 Å². The summed E-state index contributed by atoms with van der Waals surface area (Å²) in [5.74, 6) is 1.52. The van der Waals surface area contributed by atoms with Crippen LogP contribution in [0.15, 0.2) is 48.8 Å². The fraction of sp³-hybridized carbons (Fsp3) is 0.154. The molecule has 3 heteroatoms. The second-order valence-corrected chi connectivity index (χ2v) is 3.46. The molecule has 0 aliphatic rings. The number of rotatable bonds is 3. The number of para-hydroxylation sites is 1. The second kappa shape index (κ2) is 4.66. The Balaban J connectivity index is 2.23. The van der Waals surface area contributed by atoms with Crippen molar-refractivity contribution in [1.29, 1.82) is 0 Å². The SMILES string of the molecule is CCc1ccccc1Oc1cc[n+]([O-])cc1. The summed E-state index contributed by atoms with van der Waals surface area (Å²) in [6.45, 7) is 2.08. The topological polar surface area (TPSA) is 36.2 Å². The molecule has 82 valence electrons. The Morgan fingerprint density at radius 2 is 1.81 bits per heavy atom. The van der Waals surface area contributed by atoms with Gasteiger partial charge in [-0.25, -0.2) is 0 Å². The minimum absolute atomic E-state index is 0.674. The lowest BCUT2D eigenvalue weighted by molar-refractivity contribution is -0.605. The Bertz CT molecular complexity index is 466. The molecule has 2 rings (SSSR count). The molecule has 0 radical (unpaired) electrons. The molecule has 0 saturated carbocycles. The van der Waals surface area contributed by atoms with Crippen molar-refractivity contribution < 1.29 is 9.47 Å². The van der Waals surface area contributed by atoms with Gasteiger partial charge in [-0.15, -0.1) is 0 Å². The number of nitrogens with zero attached hydrogens (tertiary/aromatic N) is 1. The van der Waals surface area contributed by atoms with Gasteiger partial charge in [0.15, 0.2) is 12.4 Å². The number of hydrogen-bond donors (Lipinski definition) is 0. The maximum atomic E-state index is 10.9. The maximum absolute atomic E-state index is 10.9. The summed E-state index contributed by atoms with van der Waals surface area (Å²) in [6, 6.07) is 11.2. The molecule has 1 aromatic carbocycles. The number of benzene rings is 1. The van der Waals surface area contributed by atoms with Crippen LogP contribution in [0.5, 0.6) is 11.5 Å². The molecule has 0 spiro atoms. The molecule has 16 heavy (non-hydrogen) atoms. The Hall–Kier alpha value is -2.03. The van der Waals surface area contributed by atoms with Gasteiger partial charge in [0.05, 0.1) is 0 Å². The maximum Gasteiger partial charge on any atom is 0.184 e. The van der Waals surface area contributed by atoms with Gasteiger partial charge in [-0.2, -0.15) is 4.73 Å². The van der Waals surface area contributed by atoms with Gasteiger partial charge in [0.1, 0.15) is 11.5 Å². The zero-order valence-corrected chi connectivity index (χ0v) is 9.09. The Morgan fingerprint density at radius 1 is 1.12 bits per heavy atom. The van der Waals surface area contributed by atoms with Gasteiger partial charge in [-0.05, 0) is 18.1 Å². The standard InChI is InChI=1S/C13H13NO2/c1-2-11-5-3-4-6-13(11)16-12-7-9-14(15)10-8-12/h3-10H,2H2,1H3. The molecule has 0 bridgehead atoms. The number of hydrogen-bond acceptors (Lipinski definition) is 2. The predicted octanol–water partition coefficient (Wildman–Crippen LogP) is 2.67. The minimum Gasteiger partial charge on any atom is -0.619 e. The first-order valence-electron chi connectivity index (χ1n) is 5.24. The van der Waals surface area contributed by atoms with E-state index in [-0.39, 0.29) is 0 Å². The van der Waals surface area contributed by atoms with Crippen molar-refractivity contribution in [3.63, 3.8) is 0 Å². The first kappa shape index (κ1) is 10.5. The molecule has 0 atom stereocenters. The number of aryl methyl sites for hydroxylation is 1. The van der Waals surface area contributed by atoms with Crippen LogP contribution in [0, 0.1) is 5.21 Å². The van der Waals surface area contributed by atoms with Crippen LogP contribution in [0.3, 0.4) is 0 Å². The fourth-order valence-electron chi connectivity index (χ4n) is 1.49. The third kappa shape index (κ3) is 2.31. The van der Waals surface area contributed by atoms with Crippen LogP contribution >= 0.6 is 0 Å². The van der Waals surface area contributed by atoms with Gasteiger partial charge in [0.2, 0.25) is 0 Å². The van der Waals surface area contributed by atoms with E-state index in [0.29, 0.717) is 5.75 Å². The molecule has 2 aromatic rings. The van der Waals surface area contributed by atoms with E-state index in [2.05, 4.69) is 6.92 Å². The summed E-state index contributed by atoms with van der Waals surface area (Å²) < 4.78 is 6.44. The lowest BCUT2D eigenvalue weighted by Gasteiger charge is -2.09. The molecule has 0 aliphatic heterocycles. The Kier molecular flexibility index (Phi) is 3.05. The third-order valence-corrected chi connectivity index (χ3v) is 2.35. The van der Waals surface area contributed by atoms with Crippen molar-refractivity contribution in [2.24, 2.45) is 0 Å². The van der Waals surface area contributed by atoms with Crippen molar-refractivity contribution in [3.8, 4) is 11.5 Å². The van der Waals surface area contributed by atoms with Crippen LogP contribution in [-0.4, -0.2) is 0 Å². The van der Waals surface area contributed by atoms with E-state index in [9.17, 15) is 5.21 Å². The number of aromatic nitrogens is 1. The molecule has 0 fully saturated rings. The monoisotopic (exact) mass is 215 g/mol. The molecule has 1 aromatic heterocycles. The average Bonchev–Trinajstić information content (AvgIpc) is 2.33. The minimum atomic E-state index is 0.674. The molecule has 3 nitrogen and oxygen atoms in total. The van der Waals surface area contributed by atoms with Crippen LogP contribution in [0.4, 0.5) is 0 Å². The molecule has 0 unspecified atom stereocenters. The van der Waals surface area contributed by atoms with E-state index in [1.54, 1.807) is 12.1 Å². The van der Waals surface area contributed by atoms with E-state index in [0.717, 1.165) is 22.5 Å². The highest BCUT2D eigenvalue weighted by molar-refractivity contribution is 5.36. The van der Waals surface area contributed by atoms with E-state index in [4.69, 9.17) is 4.74 Å². The number of ether oxygens (including phenoxy) is 1. The summed E-state index contributed by atoms with van der Waals surface area (Å²) in [5, 5.41) is 10.9. The largest absolute Gasteiger partial charge is 0.619 e. The second-order valence-electron chi connectivity index (χ2n) is 3.46. The van der Waals surface area contributed by atoms with Crippen LogP contribution in [0.25, 0.3) is 0 Å². The lowest BCUT2D eigenvalue weighted by atomic mass is 10.1. The summed E-state index contributed by atoms with van der Waals surface area (Å²) in [5.41, 5.74) is 1.15. The molecular weight excluding hydrogens is 202 g/mol. The number of pyridine rings is 1. The molecule has 0 aliphatic carbocycles. The first-order valence-corrected chi connectivity index (χ1v) is 5.24. The van der Waals surface area contributed by atoms with Gasteiger partial charge >= 0.3 is 0 Å². The van der Waals surface area contributed by atoms with Crippen LogP contribution in [-0.2, 0) is 6.42 Å². The van der Waals surface area contributed by atoms with Crippen LogP contribution < -0.4 is 9.47 Å². The van der Waals surface area contributed by atoms with Crippen molar-refractivity contribution >= 4 is 0 Å². The van der Waals surface area contributed by atoms with Crippen molar-refractivity contribution in [2.45, 2.75) is 13.3 Å². The summed E-state index contributed by atoms with van der Waals surface area (Å²) in [6.07, 6.45) is 3.76. The smallest absolute Gasteiger partial charge is 0.184 e. The van der Waals surface area contributed by atoms with Gasteiger partial charge in [-0.1, -0.05) is 25.1 Å². The first-order chi connectivity index (χ1) is 7.79. The van der Waals surface area contributed by atoms with E-state index in [1.165, 1.54) is 12.4 Å². The predicted molar refractivity (Wildman–Crippen MR) is 61.3 cm³/mol. The van der Waals surface area contributed by atoms with E-state index >= 15 is 0 Å². The zero-order valence-electron chi connectivity index (χ0n) is 9.09. The molecular formula is C13H13NO2. The third-order valence-electron chi connectivity index (χ3n) is 2.35. The van der Waals surface area contributed by atoms with Gasteiger partial charge < -0.3 is 9.94 Å². The Labute approximate surface area is 94.5 Å². The summed E-state index contributed by atoms with van der Waals surface area (Å²) in [7, 11) is 0. The van der Waals surface area contributed by atoms with E-state index in [1.807, 2.05) is 24.3 Å². The lowest BCUT2D eigenvalue weighted by Crippen LogP contribution is -2.23. The summed E-state index contributed by atoms with van der Waals surface area (Å²) in [4.78, 5) is 0. The highest BCUT2D eigenvalue weighted by Gasteiger charge is 2.02. The highest BCUT2D eigenvalue weighted by Crippen LogP contribution is 2.24. The van der Waals surface area contributed by atoms with Crippen molar-refractivity contribution in [3.05, 3.63) is 59.6 Å². The molecule has 0 saturated heterocycles. The molecule has 0 amide bonds. The zero-order chi connectivity index (χ0) is 11.4. The van der Waals surface area contributed by atoms with Crippen molar-refractivity contribution in [1.82, 2.24) is 0 Å². The normalized spacial score (nSPS) is 10.1. The van der Waals surface area contributed by atoms with Gasteiger partial charge in [0.25, 0.3) is 0 Å².